The monoisotopic (exact) mass is 273 g/mol. The fourth-order valence-corrected chi connectivity index (χ4v) is 1.74. The maximum atomic E-state index is 13.8. The van der Waals surface area contributed by atoms with Crippen LogP contribution in [0.15, 0.2) is 18.2 Å². The van der Waals surface area contributed by atoms with Gasteiger partial charge in [-0.05, 0) is 25.5 Å². The Kier molecular flexibility index (Phi) is 5.92. The molecule has 0 radical (unpaired) electrons. The van der Waals surface area contributed by atoms with Gasteiger partial charge in [-0.2, -0.15) is 0 Å². The highest BCUT2D eigenvalue weighted by atomic mass is 35.5. The Labute approximate surface area is 111 Å². The van der Waals surface area contributed by atoms with Gasteiger partial charge in [0.1, 0.15) is 11.6 Å². The molecule has 0 aliphatic carbocycles. The molecular formula is C13H17ClFNO2. The third-order valence-electron chi connectivity index (χ3n) is 2.64. The predicted molar refractivity (Wildman–Crippen MR) is 69.9 cm³/mol. The highest BCUT2D eigenvalue weighted by Crippen LogP contribution is 2.17. The summed E-state index contributed by atoms with van der Waals surface area (Å²) in [4.78, 5) is 13.7. The largest absolute Gasteiger partial charge is 0.497 e. The van der Waals surface area contributed by atoms with E-state index in [-0.39, 0.29) is 11.5 Å². The van der Waals surface area contributed by atoms with Gasteiger partial charge in [0.2, 0.25) is 0 Å². The lowest BCUT2D eigenvalue weighted by Gasteiger charge is -2.20. The van der Waals surface area contributed by atoms with Gasteiger partial charge >= 0.3 is 0 Å². The summed E-state index contributed by atoms with van der Waals surface area (Å²) in [6.07, 6.45) is 0.693. The molecule has 0 aliphatic heterocycles. The van der Waals surface area contributed by atoms with Gasteiger partial charge in [0.05, 0.1) is 12.7 Å². The molecule has 0 saturated heterocycles. The van der Waals surface area contributed by atoms with Gasteiger partial charge in [-0.25, -0.2) is 4.39 Å². The number of halogens is 2. The third kappa shape index (κ3) is 3.60. The minimum Gasteiger partial charge on any atom is -0.497 e. The van der Waals surface area contributed by atoms with E-state index in [0.717, 1.165) is 0 Å². The Morgan fingerprint density at radius 1 is 1.50 bits per heavy atom. The van der Waals surface area contributed by atoms with Gasteiger partial charge in [-0.15, -0.1) is 11.6 Å². The first-order valence-corrected chi connectivity index (χ1v) is 6.36. The molecule has 0 heterocycles. The lowest BCUT2D eigenvalue weighted by atomic mass is 10.1. The zero-order valence-electron chi connectivity index (χ0n) is 10.6. The smallest absolute Gasteiger partial charge is 0.256 e. The molecule has 0 aliphatic rings. The topological polar surface area (TPSA) is 29.5 Å². The van der Waals surface area contributed by atoms with Crippen molar-refractivity contribution >= 4 is 17.5 Å². The minimum absolute atomic E-state index is 0.0622. The molecule has 1 aromatic carbocycles. The molecule has 1 rings (SSSR count). The summed E-state index contributed by atoms with van der Waals surface area (Å²) in [5.74, 6) is -0.00573. The van der Waals surface area contributed by atoms with Gasteiger partial charge < -0.3 is 9.64 Å². The minimum atomic E-state index is -0.566. The van der Waals surface area contributed by atoms with Crippen molar-refractivity contribution in [3.63, 3.8) is 0 Å². The summed E-state index contributed by atoms with van der Waals surface area (Å²) in [6.45, 7) is 2.92. The van der Waals surface area contributed by atoms with E-state index in [2.05, 4.69) is 0 Å². The summed E-state index contributed by atoms with van der Waals surface area (Å²) >= 11 is 5.60. The number of nitrogens with zero attached hydrogens (tertiary/aromatic N) is 1. The first-order valence-electron chi connectivity index (χ1n) is 5.82. The summed E-state index contributed by atoms with van der Waals surface area (Å²) < 4.78 is 18.7. The molecule has 0 saturated carbocycles. The van der Waals surface area contributed by atoms with Crippen LogP contribution in [0.4, 0.5) is 4.39 Å². The summed E-state index contributed by atoms with van der Waals surface area (Å²) in [6, 6.07) is 4.23. The Balaban J connectivity index is 2.87. The molecule has 0 aromatic heterocycles. The van der Waals surface area contributed by atoms with Crippen molar-refractivity contribution in [2.24, 2.45) is 0 Å². The first-order chi connectivity index (χ1) is 8.63. The van der Waals surface area contributed by atoms with Crippen molar-refractivity contribution in [3.8, 4) is 5.75 Å². The fourth-order valence-electron chi connectivity index (χ4n) is 1.62. The molecule has 0 spiro atoms. The Bertz CT molecular complexity index is 412. The molecule has 1 amide bonds. The molecule has 0 unspecified atom stereocenters. The van der Waals surface area contributed by atoms with Crippen molar-refractivity contribution in [2.45, 2.75) is 13.3 Å². The number of carbonyl (C=O) groups is 1. The molecule has 5 heteroatoms. The highest BCUT2D eigenvalue weighted by Gasteiger charge is 2.18. The second kappa shape index (κ2) is 7.21. The number of rotatable bonds is 6. The maximum Gasteiger partial charge on any atom is 0.256 e. The second-order valence-electron chi connectivity index (χ2n) is 3.77. The predicted octanol–water partition coefficient (Wildman–Crippen LogP) is 2.93. The number of methoxy groups -OCH3 is 1. The van der Waals surface area contributed by atoms with Crippen LogP contribution in [0.3, 0.4) is 0 Å². The standard InChI is InChI=1S/C13H17ClFNO2/c1-3-16(8-4-7-14)13(17)11-6-5-10(18-2)9-12(11)15/h5-6,9H,3-4,7-8H2,1-2H3. The average Bonchev–Trinajstić information content (AvgIpc) is 2.39. The normalized spacial score (nSPS) is 10.2. The quantitative estimate of drug-likeness (QED) is 0.746. The van der Waals surface area contributed by atoms with Crippen molar-refractivity contribution in [2.75, 3.05) is 26.1 Å². The number of amides is 1. The van der Waals surface area contributed by atoms with Gasteiger partial charge in [0.15, 0.2) is 0 Å². The van der Waals surface area contributed by atoms with Gasteiger partial charge in [-0.1, -0.05) is 0 Å². The van der Waals surface area contributed by atoms with Gasteiger partial charge in [0, 0.05) is 25.0 Å². The van der Waals surface area contributed by atoms with Crippen LogP contribution >= 0.6 is 11.6 Å². The van der Waals surface area contributed by atoms with E-state index in [1.807, 2.05) is 6.92 Å². The molecule has 18 heavy (non-hydrogen) atoms. The van der Waals surface area contributed by atoms with E-state index >= 15 is 0 Å². The Hall–Kier alpha value is -1.29. The average molecular weight is 274 g/mol. The molecule has 0 atom stereocenters. The van der Waals surface area contributed by atoms with Crippen LogP contribution in [-0.2, 0) is 0 Å². The van der Waals surface area contributed by atoms with Crippen LogP contribution in [0.2, 0.25) is 0 Å². The number of alkyl halides is 1. The van der Waals surface area contributed by atoms with E-state index in [9.17, 15) is 9.18 Å². The molecule has 100 valence electrons. The van der Waals surface area contributed by atoms with E-state index in [1.54, 1.807) is 11.0 Å². The van der Waals surface area contributed by atoms with Crippen molar-refractivity contribution in [1.82, 2.24) is 4.90 Å². The molecule has 0 N–H and O–H groups in total. The van der Waals surface area contributed by atoms with Gasteiger partial charge in [-0.3, -0.25) is 4.79 Å². The van der Waals surface area contributed by atoms with Crippen LogP contribution < -0.4 is 4.74 Å². The molecule has 0 bridgehead atoms. The zero-order chi connectivity index (χ0) is 13.5. The molecule has 1 aromatic rings. The van der Waals surface area contributed by atoms with Crippen LogP contribution in [0, 0.1) is 5.82 Å². The number of hydrogen-bond acceptors (Lipinski definition) is 2. The highest BCUT2D eigenvalue weighted by molar-refractivity contribution is 6.17. The summed E-state index contributed by atoms with van der Waals surface area (Å²) in [5.41, 5.74) is 0.0622. The lowest BCUT2D eigenvalue weighted by Crippen LogP contribution is -2.32. The molecule has 0 fully saturated rings. The maximum absolute atomic E-state index is 13.8. The van der Waals surface area contributed by atoms with Crippen LogP contribution in [0.25, 0.3) is 0 Å². The van der Waals surface area contributed by atoms with E-state index in [4.69, 9.17) is 16.3 Å². The summed E-state index contributed by atoms with van der Waals surface area (Å²) in [7, 11) is 1.45. The molecule has 3 nitrogen and oxygen atoms in total. The number of benzene rings is 1. The van der Waals surface area contributed by atoms with Crippen molar-refractivity contribution < 1.29 is 13.9 Å². The summed E-state index contributed by atoms with van der Waals surface area (Å²) in [5, 5.41) is 0. The van der Waals surface area contributed by atoms with E-state index in [0.29, 0.717) is 31.1 Å². The number of carbonyl (C=O) groups excluding carboxylic acids is 1. The van der Waals surface area contributed by atoms with Crippen LogP contribution in [-0.4, -0.2) is 36.9 Å². The first kappa shape index (κ1) is 14.8. The second-order valence-corrected chi connectivity index (χ2v) is 4.15. The van der Waals surface area contributed by atoms with Crippen LogP contribution in [0.1, 0.15) is 23.7 Å². The zero-order valence-corrected chi connectivity index (χ0v) is 11.3. The fraction of sp³-hybridized carbons (Fsp3) is 0.462. The lowest BCUT2D eigenvalue weighted by molar-refractivity contribution is 0.0760. The van der Waals surface area contributed by atoms with E-state index in [1.165, 1.54) is 19.2 Å². The number of ether oxygens (including phenoxy) is 1. The van der Waals surface area contributed by atoms with E-state index < -0.39 is 5.82 Å². The van der Waals surface area contributed by atoms with Gasteiger partial charge in [0.25, 0.3) is 5.91 Å². The number of hydrogen-bond donors (Lipinski definition) is 0. The van der Waals surface area contributed by atoms with Crippen LogP contribution in [0.5, 0.6) is 5.75 Å². The molecular weight excluding hydrogens is 257 g/mol. The van der Waals surface area contributed by atoms with Crippen molar-refractivity contribution in [1.29, 1.82) is 0 Å². The Morgan fingerprint density at radius 3 is 2.72 bits per heavy atom. The Morgan fingerprint density at radius 2 is 2.22 bits per heavy atom. The SMILES string of the molecule is CCN(CCCCl)C(=O)c1ccc(OC)cc1F. The van der Waals surface area contributed by atoms with Crippen molar-refractivity contribution in [3.05, 3.63) is 29.6 Å². The third-order valence-corrected chi connectivity index (χ3v) is 2.90.